The first-order chi connectivity index (χ1) is 6.20. The lowest BCUT2D eigenvalue weighted by atomic mass is 10.2. The van der Waals surface area contributed by atoms with Crippen LogP contribution in [-0.4, -0.2) is 8.96 Å². The van der Waals surface area contributed by atoms with Crippen molar-refractivity contribution in [2.75, 3.05) is 0 Å². The predicted molar refractivity (Wildman–Crippen MR) is 55.1 cm³/mol. The average molecular weight is 192 g/mol. The van der Waals surface area contributed by atoms with Gasteiger partial charge in [-0.05, 0) is 19.1 Å². The lowest BCUT2D eigenvalue weighted by molar-refractivity contribution is 1.02. The Kier molecular flexibility index (Phi) is 1.84. The fraction of sp³-hybridized carbons (Fsp3) is 0.111. The van der Waals surface area contributed by atoms with Gasteiger partial charge in [-0.25, -0.2) is 0 Å². The molecule has 1 heterocycles. The minimum atomic E-state index is -0.196. The minimum Gasteiger partial charge on any atom is -0.274 e. The maximum absolute atomic E-state index is 11.4. The highest BCUT2D eigenvalue weighted by Gasteiger charge is 2.03. The largest absolute Gasteiger partial charge is 0.280 e. The third kappa shape index (κ3) is 1.23. The number of aromatic nitrogens is 2. The summed E-state index contributed by atoms with van der Waals surface area (Å²) in [6.45, 7) is 1.75. The van der Waals surface area contributed by atoms with E-state index in [4.69, 9.17) is 0 Å². The zero-order chi connectivity index (χ0) is 9.42. The number of aryl methyl sites for hydroxylation is 1. The molecule has 0 atom stereocenters. The number of hydrogen-bond acceptors (Lipinski definition) is 3. The topological polar surface area (TPSA) is 34.9 Å². The summed E-state index contributed by atoms with van der Waals surface area (Å²) in [6.07, 6.45) is 0. The molecule has 1 aromatic carbocycles. The van der Waals surface area contributed by atoms with Gasteiger partial charge in [0, 0.05) is 0 Å². The number of thiol groups is 1. The molecule has 66 valence electrons. The van der Waals surface area contributed by atoms with E-state index in [1.165, 1.54) is 0 Å². The van der Waals surface area contributed by atoms with Crippen LogP contribution in [0.25, 0.3) is 10.9 Å². The van der Waals surface area contributed by atoms with E-state index in [2.05, 4.69) is 17.8 Å². The van der Waals surface area contributed by atoms with Gasteiger partial charge < -0.3 is 0 Å². The Morgan fingerprint density at radius 1 is 1.38 bits per heavy atom. The molecule has 0 amide bonds. The fourth-order valence-electron chi connectivity index (χ4n) is 1.27. The minimum absolute atomic E-state index is 0.196. The normalized spacial score (nSPS) is 10.6. The molecule has 3 nitrogen and oxygen atoms in total. The molecule has 1 aromatic heterocycles. The Hall–Kier alpha value is -1.29. The second-order valence-electron chi connectivity index (χ2n) is 2.79. The second-order valence-corrected chi connectivity index (χ2v) is 3.19. The zero-order valence-corrected chi connectivity index (χ0v) is 7.95. The molecule has 0 saturated carbocycles. The molecule has 0 aliphatic heterocycles. The predicted octanol–water partition coefficient (Wildman–Crippen LogP) is 1.40. The van der Waals surface area contributed by atoms with Crippen molar-refractivity contribution in [1.82, 2.24) is 8.96 Å². The fourth-order valence-corrected chi connectivity index (χ4v) is 1.49. The monoisotopic (exact) mass is 192 g/mol. The summed E-state index contributed by atoms with van der Waals surface area (Å²) in [5, 5.41) is 0.600. The summed E-state index contributed by atoms with van der Waals surface area (Å²) in [6, 6.07) is 7.28. The maximum Gasteiger partial charge on any atom is 0.280 e. The van der Waals surface area contributed by atoms with Crippen molar-refractivity contribution in [3.63, 3.8) is 0 Å². The van der Waals surface area contributed by atoms with Crippen molar-refractivity contribution in [1.29, 1.82) is 0 Å². The van der Waals surface area contributed by atoms with Crippen LogP contribution in [0.1, 0.15) is 5.82 Å². The molecule has 0 radical (unpaired) electrons. The molecule has 0 saturated heterocycles. The van der Waals surface area contributed by atoms with E-state index in [-0.39, 0.29) is 5.56 Å². The maximum atomic E-state index is 11.4. The zero-order valence-electron chi connectivity index (χ0n) is 7.06. The molecule has 13 heavy (non-hydrogen) atoms. The Morgan fingerprint density at radius 2 is 2.08 bits per heavy atom. The van der Waals surface area contributed by atoms with E-state index in [1.807, 2.05) is 18.2 Å². The van der Waals surface area contributed by atoms with E-state index in [9.17, 15) is 4.79 Å². The molecule has 0 spiro atoms. The summed E-state index contributed by atoms with van der Waals surface area (Å²) < 4.78 is 1.61. The van der Waals surface area contributed by atoms with Gasteiger partial charge >= 0.3 is 0 Å². The Labute approximate surface area is 80.6 Å². The Balaban J connectivity index is 3.06. The van der Waals surface area contributed by atoms with Crippen LogP contribution < -0.4 is 5.56 Å². The summed E-state index contributed by atoms with van der Waals surface area (Å²) >= 11 is 4.23. The molecule has 2 rings (SSSR count). The first-order valence-corrected chi connectivity index (χ1v) is 4.28. The van der Waals surface area contributed by atoms with Gasteiger partial charge in [0.25, 0.3) is 5.56 Å². The molecule has 0 fully saturated rings. The van der Waals surface area contributed by atoms with Crippen molar-refractivity contribution in [2.45, 2.75) is 6.92 Å². The average Bonchev–Trinajstić information content (AvgIpc) is 2.15. The second kappa shape index (κ2) is 2.88. The molecule has 0 aliphatic rings. The lowest BCUT2D eigenvalue weighted by Crippen LogP contribution is -2.12. The smallest absolute Gasteiger partial charge is 0.274 e. The summed E-state index contributed by atoms with van der Waals surface area (Å²) in [4.78, 5) is 15.2. The molecular formula is C9H8N2OS. The number of fused-ring (bicyclic) bond motifs is 1. The molecular weight excluding hydrogens is 184 g/mol. The van der Waals surface area contributed by atoms with E-state index >= 15 is 0 Å². The quantitative estimate of drug-likeness (QED) is 0.640. The van der Waals surface area contributed by atoms with E-state index in [0.29, 0.717) is 11.2 Å². The van der Waals surface area contributed by atoms with E-state index in [1.54, 1.807) is 17.0 Å². The van der Waals surface area contributed by atoms with Gasteiger partial charge in [-0.15, -0.1) is 0 Å². The van der Waals surface area contributed by atoms with Gasteiger partial charge in [0.2, 0.25) is 0 Å². The number of nitrogens with zero attached hydrogens (tertiary/aromatic N) is 2. The van der Waals surface area contributed by atoms with Crippen LogP contribution in [0.2, 0.25) is 0 Å². The van der Waals surface area contributed by atoms with Gasteiger partial charge in [0.1, 0.15) is 5.82 Å². The van der Waals surface area contributed by atoms with Crippen LogP contribution in [0.5, 0.6) is 0 Å². The summed E-state index contributed by atoms with van der Waals surface area (Å²) in [7, 11) is 0. The summed E-state index contributed by atoms with van der Waals surface area (Å²) in [5.41, 5.74) is 0.599. The van der Waals surface area contributed by atoms with Gasteiger partial charge in [-0.1, -0.05) is 24.9 Å². The molecule has 0 aliphatic carbocycles. The molecule has 0 bridgehead atoms. The third-order valence-electron chi connectivity index (χ3n) is 1.93. The van der Waals surface area contributed by atoms with Crippen LogP contribution in [0, 0.1) is 6.92 Å². The molecule has 0 unspecified atom stereocenters. The highest BCUT2D eigenvalue weighted by atomic mass is 32.1. The number of hydrogen-bond donors (Lipinski definition) is 1. The first-order valence-electron chi connectivity index (χ1n) is 3.88. The van der Waals surface area contributed by atoms with Crippen molar-refractivity contribution < 1.29 is 0 Å². The Morgan fingerprint density at radius 3 is 2.85 bits per heavy atom. The number of para-hydroxylation sites is 1. The lowest BCUT2D eigenvalue weighted by Gasteiger charge is -2.04. The first kappa shape index (κ1) is 8.31. The Bertz CT molecular complexity index is 518. The van der Waals surface area contributed by atoms with Crippen LogP contribution >= 0.6 is 12.8 Å². The SMILES string of the molecule is Cc1nc(=O)c2ccccc2n1S. The third-order valence-corrected chi connectivity index (χ3v) is 2.44. The standard InChI is InChI=1S/C9H8N2OS/c1-6-10-9(12)7-4-2-3-5-8(7)11(6)13/h2-5,13H,1H3. The van der Waals surface area contributed by atoms with Crippen LogP contribution in [0.15, 0.2) is 29.1 Å². The number of benzene rings is 1. The van der Waals surface area contributed by atoms with Gasteiger partial charge in [-0.3, -0.25) is 8.77 Å². The van der Waals surface area contributed by atoms with Crippen molar-refractivity contribution >= 4 is 23.7 Å². The van der Waals surface area contributed by atoms with Crippen LogP contribution in [0.3, 0.4) is 0 Å². The van der Waals surface area contributed by atoms with Crippen molar-refractivity contribution in [3.05, 3.63) is 40.4 Å². The van der Waals surface area contributed by atoms with Crippen LogP contribution in [-0.2, 0) is 0 Å². The molecule has 2 aromatic rings. The van der Waals surface area contributed by atoms with Crippen molar-refractivity contribution in [3.8, 4) is 0 Å². The number of rotatable bonds is 0. The summed E-state index contributed by atoms with van der Waals surface area (Å²) in [5.74, 6) is 0.604. The van der Waals surface area contributed by atoms with E-state index in [0.717, 1.165) is 5.52 Å². The molecule has 0 N–H and O–H groups in total. The van der Waals surface area contributed by atoms with Gasteiger partial charge in [-0.2, -0.15) is 4.98 Å². The van der Waals surface area contributed by atoms with Crippen molar-refractivity contribution in [2.24, 2.45) is 0 Å². The highest BCUT2D eigenvalue weighted by Crippen LogP contribution is 2.11. The van der Waals surface area contributed by atoms with Gasteiger partial charge in [0.15, 0.2) is 0 Å². The van der Waals surface area contributed by atoms with Crippen LogP contribution in [0.4, 0.5) is 0 Å². The van der Waals surface area contributed by atoms with Gasteiger partial charge in [0.05, 0.1) is 10.9 Å². The highest BCUT2D eigenvalue weighted by molar-refractivity contribution is 7.78. The van der Waals surface area contributed by atoms with E-state index < -0.39 is 0 Å². The molecule has 4 heteroatoms.